The second kappa shape index (κ2) is 6.53. The van der Waals surface area contributed by atoms with Gasteiger partial charge in [-0.1, -0.05) is 5.16 Å². The normalized spacial score (nSPS) is 17.2. The van der Waals surface area contributed by atoms with Gasteiger partial charge in [0.25, 0.3) is 0 Å². The lowest BCUT2D eigenvalue weighted by atomic mass is 9.80. The van der Waals surface area contributed by atoms with Gasteiger partial charge in [-0.05, 0) is 19.8 Å². The third-order valence-electron chi connectivity index (χ3n) is 3.46. The predicted molar refractivity (Wildman–Crippen MR) is 69.4 cm³/mol. The molecule has 1 aliphatic heterocycles. The summed E-state index contributed by atoms with van der Waals surface area (Å²) < 4.78 is 10.0. The second-order valence-corrected chi connectivity index (χ2v) is 4.97. The van der Waals surface area contributed by atoms with Gasteiger partial charge in [-0.2, -0.15) is 4.98 Å². The molecular formula is C12H18N4O5. The molecular weight excluding hydrogens is 280 g/mol. The first-order chi connectivity index (χ1) is 10.0. The number of rotatable bonds is 5. The van der Waals surface area contributed by atoms with Crippen LogP contribution in [-0.2, 0) is 16.1 Å². The van der Waals surface area contributed by atoms with Gasteiger partial charge in [0.15, 0.2) is 5.82 Å². The molecule has 0 spiro atoms. The Morgan fingerprint density at radius 3 is 2.62 bits per heavy atom. The minimum Gasteiger partial charge on any atom is -0.481 e. The molecule has 1 fully saturated rings. The molecule has 9 nitrogen and oxygen atoms in total. The van der Waals surface area contributed by atoms with Crippen molar-refractivity contribution in [3.05, 3.63) is 11.7 Å². The molecule has 0 radical (unpaired) electrons. The van der Waals surface area contributed by atoms with Gasteiger partial charge in [-0.3, -0.25) is 4.79 Å². The molecule has 2 rings (SSSR count). The van der Waals surface area contributed by atoms with Gasteiger partial charge in [0.05, 0.1) is 12.0 Å². The van der Waals surface area contributed by atoms with Crippen molar-refractivity contribution >= 4 is 12.0 Å². The third-order valence-corrected chi connectivity index (χ3v) is 3.46. The van der Waals surface area contributed by atoms with Crippen molar-refractivity contribution < 1.29 is 24.0 Å². The first-order valence-corrected chi connectivity index (χ1v) is 6.64. The van der Waals surface area contributed by atoms with Crippen LogP contribution in [0.1, 0.15) is 24.6 Å². The molecule has 0 aliphatic carbocycles. The van der Waals surface area contributed by atoms with E-state index >= 15 is 0 Å². The first kappa shape index (κ1) is 15.2. The topological polar surface area (TPSA) is 127 Å². The van der Waals surface area contributed by atoms with Crippen LogP contribution in [0.3, 0.4) is 0 Å². The summed E-state index contributed by atoms with van der Waals surface area (Å²) in [5.41, 5.74) is -0.962. The molecule has 2 amide bonds. The standard InChI is InChI=1S/C12H18N4O5/c1-8-15-9(21-16-8)6-13-11(19)14-7-12(10(17)18)2-4-20-5-3-12/h2-7H2,1H3,(H,17,18)(H2,13,14,19). The Morgan fingerprint density at radius 2 is 2.05 bits per heavy atom. The summed E-state index contributed by atoms with van der Waals surface area (Å²) in [5.74, 6) is -0.139. The largest absolute Gasteiger partial charge is 0.481 e. The molecule has 1 aromatic rings. The molecule has 1 aliphatic rings. The number of urea groups is 1. The number of ether oxygens (including phenoxy) is 1. The van der Waals surface area contributed by atoms with E-state index in [0.29, 0.717) is 37.8 Å². The van der Waals surface area contributed by atoms with Crippen LogP contribution < -0.4 is 10.6 Å². The van der Waals surface area contributed by atoms with Crippen LogP contribution in [0, 0.1) is 12.3 Å². The van der Waals surface area contributed by atoms with Gasteiger partial charge in [-0.15, -0.1) is 0 Å². The van der Waals surface area contributed by atoms with Crippen LogP contribution in [0.2, 0.25) is 0 Å². The molecule has 21 heavy (non-hydrogen) atoms. The van der Waals surface area contributed by atoms with E-state index in [0.717, 1.165) is 0 Å². The van der Waals surface area contributed by atoms with Gasteiger partial charge in [-0.25, -0.2) is 4.79 Å². The van der Waals surface area contributed by atoms with Gasteiger partial charge >= 0.3 is 12.0 Å². The number of nitrogens with one attached hydrogen (secondary N) is 2. The quantitative estimate of drug-likeness (QED) is 0.701. The van der Waals surface area contributed by atoms with Crippen molar-refractivity contribution in [1.29, 1.82) is 0 Å². The van der Waals surface area contributed by atoms with Crippen LogP contribution in [0.5, 0.6) is 0 Å². The Balaban J connectivity index is 1.80. The van der Waals surface area contributed by atoms with E-state index in [4.69, 9.17) is 9.26 Å². The SMILES string of the molecule is Cc1noc(CNC(=O)NCC2(C(=O)O)CCOCC2)n1. The number of aryl methyl sites for hydroxylation is 1. The summed E-state index contributed by atoms with van der Waals surface area (Å²) in [7, 11) is 0. The Kier molecular flexibility index (Phi) is 4.73. The highest BCUT2D eigenvalue weighted by Crippen LogP contribution is 2.29. The molecule has 1 saturated heterocycles. The number of hydrogen-bond acceptors (Lipinski definition) is 6. The number of carboxylic acids is 1. The van der Waals surface area contributed by atoms with Crippen molar-refractivity contribution in [2.75, 3.05) is 19.8 Å². The zero-order valence-electron chi connectivity index (χ0n) is 11.7. The van der Waals surface area contributed by atoms with Crippen molar-refractivity contribution in [3.8, 4) is 0 Å². The van der Waals surface area contributed by atoms with E-state index in [9.17, 15) is 14.7 Å². The van der Waals surface area contributed by atoms with Gasteiger partial charge < -0.3 is 25.0 Å². The molecule has 1 aromatic heterocycles. The van der Waals surface area contributed by atoms with Crippen LogP contribution in [0.25, 0.3) is 0 Å². The summed E-state index contributed by atoms with van der Waals surface area (Å²) in [6.45, 7) is 2.60. The van der Waals surface area contributed by atoms with E-state index in [-0.39, 0.29) is 13.1 Å². The highest BCUT2D eigenvalue weighted by molar-refractivity contribution is 5.78. The smallest absolute Gasteiger partial charge is 0.315 e. The fourth-order valence-corrected chi connectivity index (χ4v) is 2.11. The fourth-order valence-electron chi connectivity index (χ4n) is 2.11. The second-order valence-electron chi connectivity index (χ2n) is 4.97. The monoisotopic (exact) mass is 298 g/mol. The number of aromatic nitrogens is 2. The number of amides is 2. The molecule has 0 aromatic carbocycles. The van der Waals surface area contributed by atoms with E-state index in [1.807, 2.05) is 0 Å². The Labute approximate surface area is 121 Å². The zero-order valence-corrected chi connectivity index (χ0v) is 11.7. The number of hydrogen-bond donors (Lipinski definition) is 3. The molecule has 0 bridgehead atoms. The van der Waals surface area contributed by atoms with E-state index in [2.05, 4.69) is 20.8 Å². The summed E-state index contributed by atoms with van der Waals surface area (Å²) >= 11 is 0. The minimum atomic E-state index is -0.962. The highest BCUT2D eigenvalue weighted by atomic mass is 16.5. The molecule has 0 saturated carbocycles. The molecule has 0 unspecified atom stereocenters. The maximum atomic E-state index is 11.7. The summed E-state index contributed by atoms with van der Waals surface area (Å²) in [6.07, 6.45) is 0.761. The van der Waals surface area contributed by atoms with Crippen LogP contribution in [-0.4, -0.2) is 47.0 Å². The Hall–Kier alpha value is -2.16. The fraction of sp³-hybridized carbons (Fsp3) is 0.667. The van der Waals surface area contributed by atoms with Crippen molar-refractivity contribution in [2.24, 2.45) is 5.41 Å². The summed E-state index contributed by atoms with van der Waals surface area (Å²) in [6, 6.07) is -0.474. The predicted octanol–water partition coefficient (Wildman–Crippen LogP) is 0.0586. The lowest BCUT2D eigenvalue weighted by Gasteiger charge is -2.33. The number of nitrogens with zero attached hydrogens (tertiary/aromatic N) is 2. The first-order valence-electron chi connectivity index (χ1n) is 6.64. The zero-order chi connectivity index (χ0) is 15.3. The minimum absolute atomic E-state index is 0.0559. The van der Waals surface area contributed by atoms with Crippen LogP contribution in [0.4, 0.5) is 4.79 Å². The summed E-state index contributed by atoms with van der Waals surface area (Å²) in [4.78, 5) is 27.0. The molecule has 0 atom stereocenters. The van der Waals surface area contributed by atoms with Crippen molar-refractivity contribution in [1.82, 2.24) is 20.8 Å². The van der Waals surface area contributed by atoms with Crippen molar-refractivity contribution in [3.63, 3.8) is 0 Å². The third kappa shape index (κ3) is 3.91. The van der Waals surface area contributed by atoms with Crippen LogP contribution >= 0.6 is 0 Å². The number of carbonyl (C=O) groups is 2. The lowest BCUT2D eigenvalue weighted by Crippen LogP contribution is -2.48. The Morgan fingerprint density at radius 1 is 1.33 bits per heavy atom. The maximum Gasteiger partial charge on any atom is 0.315 e. The number of aliphatic carboxylic acids is 1. The van der Waals surface area contributed by atoms with E-state index in [1.54, 1.807) is 6.92 Å². The van der Waals surface area contributed by atoms with E-state index < -0.39 is 17.4 Å². The molecule has 3 N–H and O–H groups in total. The van der Waals surface area contributed by atoms with E-state index in [1.165, 1.54) is 0 Å². The number of carboxylic acid groups (broad SMARTS) is 1. The molecule has 2 heterocycles. The average Bonchev–Trinajstić information content (AvgIpc) is 2.89. The summed E-state index contributed by atoms with van der Waals surface area (Å²) in [5, 5.41) is 18.1. The molecule has 116 valence electrons. The lowest BCUT2D eigenvalue weighted by molar-refractivity contribution is -0.154. The van der Waals surface area contributed by atoms with Crippen LogP contribution in [0.15, 0.2) is 4.52 Å². The average molecular weight is 298 g/mol. The van der Waals surface area contributed by atoms with Gasteiger partial charge in [0.2, 0.25) is 5.89 Å². The van der Waals surface area contributed by atoms with Crippen molar-refractivity contribution in [2.45, 2.75) is 26.3 Å². The maximum absolute atomic E-state index is 11.7. The Bertz CT molecular complexity index is 510. The number of carbonyl (C=O) groups excluding carboxylic acids is 1. The highest BCUT2D eigenvalue weighted by Gasteiger charge is 2.40. The van der Waals surface area contributed by atoms with Gasteiger partial charge in [0.1, 0.15) is 0 Å². The molecule has 9 heteroatoms. The van der Waals surface area contributed by atoms with Gasteiger partial charge in [0, 0.05) is 19.8 Å².